The van der Waals surface area contributed by atoms with E-state index in [4.69, 9.17) is 9.73 Å². The van der Waals surface area contributed by atoms with Crippen molar-refractivity contribution < 1.29 is 14.2 Å². The Morgan fingerprint density at radius 3 is 2.57 bits per heavy atom. The second kappa shape index (κ2) is 9.56. The Labute approximate surface area is 167 Å². The number of aliphatic hydroxyl groups is 1. The van der Waals surface area contributed by atoms with E-state index in [1.54, 1.807) is 12.1 Å². The molecule has 28 heavy (non-hydrogen) atoms. The number of nitrogens with one attached hydrogen (secondary N) is 1. The highest BCUT2D eigenvalue weighted by Crippen LogP contribution is 2.29. The van der Waals surface area contributed by atoms with E-state index in [-0.39, 0.29) is 11.6 Å². The molecule has 0 bridgehead atoms. The summed E-state index contributed by atoms with van der Waals surface area (Å²) >= 11 is 0. The molecule has 1 aromatic rings. The first-order chi connectivity index (χ1) is 13.5. The Balaban J connectivity index is 1.54. The van der Waals surface area contributed by atoms with E-state index >= 15 is 0 Å². The SMILES string of the molecule is CCNC(=NCC1(O)CCCC1)N1CCN(Cc2ccc(OC)c(F)c2)CC1. The highest BCUT2D eigenvalue weighted by molar-refractivity contribution is 5.80. The number of methoxy groups -OCH3 is 1. The summed E-state index contributed by atoms with van der Waals surface area (Å²) in [6.07, 6.45) is 3.88. The summed E-state index contributed by atoms with van der Waals surface area (Å²) < 4.78 is 18.9. The van der Waals surface area contributed by atoms with Gasteiger partial charge in [-0.25, -0.2) is 4.39 Å². The minimum atomic E-state index is -0.624. The molecule has 1 aromatic carbocycles. The van der Waals surface area contributed by atoms with E-state index in [1.807, 2.05) is 6.07 Å². The van der Waals surface area contributed by atoms with E-state index in [9.17, 15) is 9.50 Å². The van der Waals surface area contributed by atoms with Gasteiger partial charge in [0, 0.05) is 39.3 Å². The van der Waals surface area contributed by atoms with Gasteiger partial charge in [0.05, 0.1) is 19.3 Å². The molecular formula is C21H33FN4O2. The highest BCUT2D eigenvalue weighted by Gasteiger charge is 2.31. The summed E-state index contributed by atoms with van der Waals surface area (Å²) in [6.45, 7) is 7.58. The maximum absolute atomic E-state index is 13.9. The Hall–Kier alpha value is -1.86. The van der Waals surface area contributed by atoms with E-state index in [0.29, 0.717) is 6.54 Å². The Morgan fingerprint density at radius 1 is 1.25 bits per heavy atom. The van der Waals surface area contributed by atoms with Crippen LogP contribution in [0.2, 0.25) is 0 Å². The number of aliphatic imine (C=N–C) groups is 1. The van der Waals surface area contributed by atoms with E-state index in [2.05, 4.69) is 22.0 Å². The smallest absolute Gasteiger partial charge is 0.194 e. The topological polar surface area (TPSA) is 60.3 Å². The third-order valence-corrected chi connectivity index (χ3v) is 5.69. The van der Waals surface area contributed by atoms with Gasteiger partial charge in [-0.3, -0.25) is 9.89 Å². The van der Waals surface area contributed by atoms with Crippen LogP contribution in [0.15, 0.2) is 23.2 Å². The lowest BCUT2D eigenvalue weighted by Crippen LogP contribution is -2.52. The molecule has 2 aliphatic rings. The molecule has 3 rings (SSSR count). The summed E-state index contributed by atoms with van der Waals surface area (Å²) in [5, 5.41) is 13.9. The van der Waals surface area contributed by atoms with Gasteiger partial charge in [-0.1, -0.05) is 18.9 Å². The number of halogens is 1. The van der Waals surface area contributed by atoms with Gasteiger partial charge in [-0.15, -0.1) is 0 Å². The molecule has 2 fully saturated rings. The highest BCUT2D eigenvalue weighted by atomic mass is 19.1. The van der Waals surface area contributed by atoms with Crippen LogP contribution >= 0.6 is 0 Å². The van der Waals surface area contributed by atoms with Crippen LogP contribution in [-0.2, 0) is 6.54 Å². The molecule has 0 spiro atoms. The molecule has 0 unspecified atom stereocenters. The molecule has 7 heteroatoms. The van der Waals surface area contributed by atoms with Crippen molar-refractivity contribution in [2.24, 2.45) is 4.99 Å². The summed E-state index contributed by atoms with van der Waals surface area (Å²) in [5.74, 6) is 0.854. The predicted octanol–water partition coefficient (Wildman–Crippen LogP) is 2.22. The van der Waals surface area contributed by atoms with Crippen molar-refractivity contribution in [2.45, 2.75) is 44.8 Å². The summed E-state index contributed by atoms with van der Waals surface area (Å²) in [5.41, 5.74) is 0.330. The molecule has 1 aliphatic heterocycles. The zero-order chi connectivity index (χ0) is 20.0. The van der Waals surface area contributed by atoms with Crippen LogP contribution < -0.4 is 10.1 Å². The van der Waals surface area contributed by atoms with Gasteiger partial charge in [0.1, 0.15) is 0 Å². The maximum Gasteiger partial charge on any atom is 0.194 e. The lowest BCUT2D eigenvalue weighted by Gasteiger charge is -2.37. The van der Waals surface area contributed by atoms with Gasteiger partial charge in [-0.05, 0) is 37.5 Å². The number of ether oxygens (including phenoxy) is 1. The summed E-state index contributed by atoms with van der Waals surface area (Å²) in [7, 11) is 1.48. The molecule has 1 saturated heterocycles. The first kappa shape index (κ1) is 20.9. The number of guanidine groups is 1. The largest absolute Gasteiger partial charge is 0.494 e. The number of nitrogens with zero attached hydrogens (tertiary/aromatic N) is 3. The molecule has 0 radical (unpaired) electrons. The normalized spacial score (nSPS) is 20.4. The van der Waals surface area contributed by atoms with Crippen LogP contribution in [0.3, 0.4) is 0 Å². The molecule has 2 N–H and O–H groups in total. The van der Waals surface area contributed by atoms with Crippen molar-refractivity contribution in [3.05, 3.63) is 29.6 Å². The van der Waals surface area contributed by atoms with Crippen LogP contribution in [0.1, 0.15) is 38.2 Å². The van der Waals surface area contributed by atoms with Crippen LogP contribution in [-0.4, -0.2) is 72.8 Å². The van der Waals surface area contributed by atoms with Gasteiger partial charge in [0.2, 0.25) is 0 Å². The van der Waals surface area contributed by atoms with Gasteiger partial charge < -0.3 is 20.1 Å². The standard InChI is InChI=1S/C21H33FN4O2/c1-3-23-20(24-16-21(27)8-4-5-9-21)26-12-10-25(11-13-26)15-17-6-7-19(28-2)18(22)14-17/h6-7,14,27H,3-5,8-13,15-16H2,1-2H3,(H,23,24). The molecule has 1 aliphatic carbocycles. The van der Waals surface area contributed by atoms with Crippen LogP contribution in [0.5, 0.6) is 5.75 Å². The number of benzene rings is 1. The lowest BCUT2D eigenvalue weighted by molar-refractivity contribution is 0.0569. The molecular weight excluding hydrogens is 359 g/mol. The second-order valence-electron chi connectivity index (χ2n) is 7.83. The number of piperazine rings is 1. The fourth-order valence-electron chi connectivity index (χ4n) is 4.02. The average molecular weight is 393 g/mol. The van der Waals surface area contributed by atoms with E-state index < -0.39 is 5.60 Å². The van der Waals surface area contributed by atoms with Gasteiger partial charge in [-0.2, -0.15) is 0 Å². The number of hydrogen-bond acceptors (Lipinski definition) is 4. The molecule has 0 atom stereocenters. The maximum atomic E-state index is 13.9. The average Bonchev–Trinajstić information content (AvgIpc) is 3.13. The molecule has 6 nitrogen and oxygen atoms in total. The molecule has 1 saturated carbocycles. The summed E-state index contributed by atoms with van der Waals surface area (Å²) in [4.78, 5) is 9.31. The molecule has 0 amide bonds. The Kier molecular flexibility index (Phi) is 7.13. The van der Waals surface area contributed by atoms with Crippen molar-refractivity contribution in [2.75, 3.05) is 46.4 Å². The molecule has 156 valence electrons. The van der Waals surface area contributed by atoms with Crippen LogP contribution in [0.25, 0.3) is 0 Å². The first-order valence-electron chi connectivity index (χ1n) is 10.3. The van der Waals surface area contributed by atoms with Gasteiger partial charge >= 0.3 is 0 Å². The molecule has 1 heterocycles. The summed E-state index contributed by atoms with van der Waals surface area (Å²) in [6, 6.07) is 5.16. The number of rotatable bonds is 6. The van der Waals surface area contributed by atoms with E-state index in [0.717, 1.165) is 76.5 Å². The van der Waals surface area contributed by atoms with Crippen molar-refractivity contribution in [1.82, 2.24) is 15.1 Å². The van der Waals surface area contributed by atoms with Gasteiger partial charge in [0.25, 0.3) is 0 Å². The fraction of sp³-hybridized carbons (Fsp3) is 0.667. The minimum Gasteiger partial charge on any atom is -0.494 e. The first-order valence-corrected chi connectivity index (χ1v) is 10.3. The minimum absolute atomic E-state index is 0.281. The van der Waals surface area contributed by atoms with Crippen molar-refractivity contribution in [3.63, 3.8) is 0 Å². The Morgan fingerprint density at radius 2 is 1.96 bits per heavy atom. The predicted molar refractivity (Wildman–Crippen MR) is 109 cm³/mol. The quantitative estimate of drug-likeness (QED) is 0.574. The Bertz CT molecular complexity index is 668. The zero-order valence-electron chi connectivity index (χ0n) is 17.1. The van der Waals surface area contributed by atoms with Crippen LogP contribution in [0.4, 0.5) is 4.39 Å². The third-order valence-electron chi connectivity index (χ3n) is 5.69. The lowest BCUT2D eigenvalue weighted by atomic mass is 10.0. The third kappa shape index (κ3) is 5.35. The van der Waals surface area contributed by atoms with Crippen LogP contribution in [0, 0.1) is 5.82 Å². The zero-order valence-corrected chi connectivity index (χ0v) is 17.1. The second-order valence-corrected chi connectivity index (χ2v) is 7.83. The van der Waals surface area contributed by atoms with Gasteiger partial charge in [0.15, 0.2) is 17.5 Å². The van der Waals surface area contributed by atoms with Crippen molar-refractivity contribution >= 4 is 5.96 Å². The number of hydrogen-bond donors (Lipinski definition) is 2. The molecule has 0 aromatic heterocycles. The monoisotopic (exact) mass is 392 g/mol. The van der Waals surface area contributed by atoms with E-state index in [1.165, 1.54) is 7.11 Å². The van der Waals surface area contributed by atoms with Crippen molar-refractivity contribution in [1.29, 1.82) is 0 Å². The fourth-order valence-corrected chi connectivity index (χ4v) is 4.02. The van der Waals surface area contributed by atoms with Crippen molar-refractivity contribution in [3.8, 4) is 5.75 Å².